The fourth-order valence-corrected chi connectivity index (χ4v) is 0.439. The van der Waals surface area contributed by atoms with Crippen LogP contribution in [0.15, 0.2) is 18.6 Å². The highest BCUT2D eigenvalue weighted by molar-refractivity contribution is 5.85. The molecule has 0 radical (unpaired) electrons. The summed E-state index contributed by atoms with van der Waals surface area (Å²) in [6.45, 7) is 0.489. The molecule has 0 aliphatic carbocycles. The molecule has 1 heterocycles. The fourth-order valence-electron chi connectivity index (χ4n) is 0.439. The summed E-state index contributed by atoms with van der Waals surface area (Å²) in [7, 11) is 0. The third-order valence-electron chi connectivity index (χ3n) is 0.852. The first kappa shape index (κ1) is 8.33. The summed E-state index contributed by atoms with van der Waals surface area (Å²) in [4.78, 5) is 7.59. The minimum atomic E-state index is 0. The lowest BCUT2D eigenvalue weighted by atomic mass is 10.4. The van der Waals surface area contributed by atoms with E-state index >= 15 is 0 Å². The summed E-state index contributed by atoms with van der Waals surface area (Å²) in [6, 6.07) is 1.79. The number of nitrogens with zero attached hydrogens (tertiary/aromatic N) is 2. The fraction of sp³-hybridized carbons (Fsp3) is 0.200. The van der Waals surface area contributed by atoms with Crippen LogP contribution in [0.2, 0.25) is 0 Å². The number of hydrogen-bond acceptors (Lipinski definition) is 3. The Morgan fingerprint density at radius 1 is 1.56 bits per heavy atom. The second kappa shape index (κ2) is 4.23. The van der Waals surface area contributed by atoms with E-state index in [0.29, 0.717) is 6.54 Å². The molecular formula is C5H8ClN3. The first-order chi connectivity index (χ1) is 3.93. The second-order valence-electron chi connectivity index (χ2n) is 1.40. The Kier molecular flexibility index (Phi) is 3.92. The van der Waals surface area contributed by atoms with Gasteiger partial charge in [-0.2, -0.15) is 0 Å². The van der Waals surface area contributed by atoms with Crippen molar-refractivity contribution >= 4 is 12.4 Å². The highest BCUT2D eigenvalue weighted by Crippen LogP contribution is 1.84. The summed E-state index contributed by atoms with van der Waals surface area (Å²) < 4.78 is 0. The van der Waals surface area contributed by atoms with Gasteiger partial charge in [0.1, 0.15) is 6.33 Å². The van der Waals surface area contributed by atoms with Gasteiger partial charge in [-0.05, 0) is 6.07 Å². The predicted molar refractivity (Wildman–Crippen MR) is 37.2 cm³/mol. The number of hydrogen-bond donors (Lipinski definition) is 1. The number of aromatic nitrogens is 2. The Bertz CT molecular complexity index is 154. The van der Waals surface area contributed by atoms with Crippen LogP contribution in [0.1, 0.15) is 5.69 Å². The van der Waals surface area contributed by atoms with Crippen molar-refractivity contribution in [1.82, 2.24) is 9.97 Å². The van der Waals surface area contributed by atoms with Gasteiger partial charge in [-0.25, -0.2) is 9.97 Å². The molecule has 0 saturated heterocycles. The van der Waals surface area contributed by atoms with Crippen LogP contribution < -0.4 is 5.73 Å². The molecule has 0 amide bonds. The van der Waals surface area contributed by atoms with Gasteiger partial charge in [0.2, 0.25) is 0 Å². The zero-order valence-electron chi connectivity index (χ0n) is 4.82. The van der Waals surface area contributed by atoms with E-state index in [1.54, 1.807) is 12.3 Å². The van der Waals surface area contributed by atoms with Gasteiger partial charge in [0.25, 0.3) is 0 Å². The van der Waals surface area contributed by atoms with E-state index in [0.717, 1.165) is 5.69 Å². The molecule has 0 unspecified atom stereocenters. The molecule has 0 aromatic carbocycles. The van der Waals surface area contributed by atoms with Gasteiger partial charge in [-0.3, -0.25) is 0 Å². The van der Waals surface area contributed by atoms with Crippen molar-refractivity contribution < 1.29 is 0 Å². The van der Waals surface area contributed by atoms with Crippen LogP contribution in [-0.4, -0.2) is 9.97 Å². The van der Waals surface area contributed by atoms with Crippen molar-refractivity contribution in [2.75, 3.05) is 0 Å². The van der Waals surface area contributed by atoms with Gasteiger partial charge in [0, 0.05) is 12.7 Å². The van der Waals surface area contributed by atoms with E-state index in [-0.39, 0.29) is 12.4 Å². The summed E-state index contributed by atoms with van der Waals surface area (Å²) in [6.07, 6.45) is 3.16. The van der Waals surface area contributed by atoms with E-state index in [4.69, 9.17) is 5.73 Å². The van der Waals surface area contributed by atoms with Crippen LogP contribution in [0.25, 0.3) is 0 Å². The molecule has 0 fully saturated rings. The van der Waals surface area contributed by atoms with Gasteiger partial charge >= 0.3 is 0 Å². The first-order valence-electron chi connectivity index (χ1n) is 2.38. The van der Waals surface area contributed by atoms with Crippen molar-refractivity contribution in [3.63, 3.8) is 0 Å². The maximum atomic E-state index is 5.26. The van der Waals surface area contributed by atoms with Crippen molar-refractivity contribution in [1.29, 1.82) is 0 Å². The smallest absolute Gasteiger partial charge is 0.115 e. The minimum Gasteiger partial charge on any atom is -0.325 e. The zero-order valence-corrected chi connectivity index (χ0v) is 5.64. The van der Waals surface area contributed by atoms with Crippen LogP contribution in [0.3, 0.4) is 0 Å². The monoisotopic (exact) mass is 145 g/mol. The van der Waals surface area contributed by atoms with Gasteiger partial charge in [0.15, 0.2) is 0 Å². The third-order valence-corrected chi connectivity index (χ3v) is 0.852. The minimum absolute atomic E-state index is 0. The summed E-state index contributed by atoms with van der Waals surface area (Å²) >= 11 is 0. The van der Waals surface area contributed by atoms with E-state index in [2.05, 4.69) is 9.97 Å². The highest BCUT2D eigenvalue weighted by atomic mass is 35.5. The van der Waals surface area contributed by atoms with E-state index in [1.165, 1.54) is 6.33 Å². The van der Waals surface area contributed by atoms with Crippen molar-refractivity contribution in [3.8, 4) is 0 Å². The van der Waals surface area contributed by atoms with Gasteiger partial charge in [-0.1, -0.05) is 0 Å². The molecule has 4 heteroatoms. The van der Waals surface area contributed by atoms with Crippen LogP contribution in [0, 0.1) is 0 Å². The summed E-state index contributed by atoms with van der Waals surface area (Å²) in [5.41, 5.74) is 6.13. The molecule has 50 valence electrons. The number of halogens is 1. The number of nitrogens with two attached hydrogens (primary N) is 1. The summed E-state index contributed by atoms with van der Waals surface area (Å²) in [5.74, 6) is 0. The lowest BCUT2D eigenvalue weighted by Crippen LogP contribution is -1.98. The highest BCUT2D eigenvalue weighted by Gasteiger charge is 1.82. The number of rotatable bonds is 1. The lowest BCUT2D eigenvalue weighted by molar-refractivity contribution is 0.964. The Morgan fingerprint density at radius 3 is 2.67 bits per heavy atom. The van der Waals surface area contributed by atoms with E-state index in [1.807, 2.05) is 0 Å². The quantitative estimate of drug-likeness (QED) is 0.621. The Morgan fingerprint density at radius 2 is 2.33 bits per heavy atom. The molecule has 9 heavy (non-hydrogen) atoms. The molecule has 0 aliphatic heterocycles. The van der Waals surface area contributed by atoms with Crippen molar-refractivity contribution in [2.45, 2.75) is 6.54 Å². The average molecular weight is 146 g/mol. The molecule has 0 aliphatic rings. The van der Waals surface area contributed by atoms with Crippen LogP contribution in [0.4, 0.5) is 0 Å². The molecule has 1 aromatic rings. The Balaban J connectivity index is 0.000000640. The van der Waals surface area contributed by atoms with Crippen LogP contribution in [0.5, 0.6) is 0 Å². The van der Waals surface area contributed by atoms with Gasteiger partial charge in [0.05, 0.1) is 5.69 Å². The molecule has 2 N–H and O–H groups in total. The second-order valence-corrected chi connectivity index (χ2v) is 1.40. The molecule has 0 saturated carbocycles. The Labute approximate surface area is 59.7 Å². The van der Waals surface area contributed by atoms with Crippen LogP contribution >= 0.6 is 12.4 Å². The lowest BCUT2D eigenvalue weighted by Gasteiger charge is -1.88. The Hall–Kier alpha value is -0.670. The standard InChI is InChI=1S/C5H7N3.ClH/c6-3-5-1-2-7-4-8-5;/h1-2,4H,3,6H2;1H. The van der Waals surface area contributed by atoms with E-state index in [9.17, 15) is 0 Å². The van der Waals surface area contributed by atoms with Crippen LogP contribution in [-0.2, 0) is 6.54 Å². The molecule has 0 spiro atoms. The van der Waals surface area contributed by atoms with Gasteiger partial charge in [-0.15, -0.1) is 12.4 Å². The van der Waals surface area contributed by atoms with E-state index < -0.39 is 0 Å². The average Bonchev–Trinajstić information content (AvgIpc) is 1.90. The normalized spacial score (nSPS) is 8.11. The maximum Gasteiger partial charge on any atom is 0.115 e. The molecule has 0 atom stereocenters. The molecule has 3 nitrogen and oxygen atoms in total. The SMILES string of the molecule is Cl.NCc1ccncn1. The van der Waals surface area contributed by atoms with Gasteiger partial charge < -0.3 is 5.73 Å². The largest absolute Gasteiger partial charge is 0.325 e. The predicted octanol–water partition coefficient (Wildman–Crippen LogP) is 0.357. The van der Waals surface area contributed by atoms with Crippen molar-refractivity contribution in [2.24, 2.45) is 5.73 Å². The first-order valence-corrected chi connectivity index (χ1v) is 2.38. The molecule has 0 bridgehead atoms. The topological polar surface area (TPSA) is 51.8 Å². The summed E-state index contributed by atoms with van der Waals surface area (Å²) in [5, 5.41) is 0. The molecule has 1 aromatic heterocycles. The third kappa shape index (κ3) is 2.39. The maximum absolute atomic E-state index is 5.26. The molecular weight excluding hydrogens is 138 g/mol. The molecule has 1 rings (SSSR count). The zero-order chi connectivity index (χ0) is 5.82. The van der Waals surface area contributed by atoms with Crippen molar-refractivity contribution in [3.05, 3.63) is 24.3 Å².